The van der Waals surface area contributed by atoms with Crippen LogP contribution in [0.5, 0.6) is 0 Å². The van der Waals surface area contributed by atoms with Gasteiger partial charge in [-0.3, -0.25) is 0 Å². The lowest BCUT2D eigenvalue weighted by Crippen LogP contribution is -2.54. The molecule has 17 heavy (non-hydrogen) atoms. The largest absolute Gasteiger partial charge is 0.314 e. The Labute approximate surface area is 103 Å². The maximum Gasteiger partial charge on any atom is 0.211 e. The smallest absolute Gasteiger partial charge is 0.211 e. The number of benzene rings is 1. The third kappa shape index (κ3) is 3.28. The Morgan fingerprint density at radius 1 is 1.35 bits per heavy atom. The molecule has 2 rings (SSSR count). The molecule has 94 valence electrons. The molecule has 0 spiro atoms. The topological polar surface area (TPSA) is 49.4 Å². The van der Waals surface area contributed by atoms with E-state index in [4.69, 9.17) is 0 Å². The predicted molar refractivity (Wildman–Crippen MR) is 68.4 cm³/mol. The second-order valence-corrected chi connectivity index (χ2v) is 6.36. The highest BCUT2D eigenvalue weighted by Crippen LogP contribution is 2.13. The van der Waals surface area contributed by atoms with Gasteiger partial charge < -0.3 is 5.32 Å². The molecule has 1 atom stereocenters. The Morgan fingerprint density at radius 2 is 2.06 bits per heavy atom. The van der Waals surface area contributed by atoms with Crippen molar-refractivity contribution in [2.24, 2.45) is 0 Å². The van der Waals surface area contributed by atoms with Crippen molar-refractivity contribution in [3.63, 3.8) is 0 Å². The average molecular weight is 254 g/mol. The fourth-order valence-corrected chi connectivity index (χ4v) is 3.35. The fraction of sp³-hybridized carbons (Fsp3) is 0.500. The SMILES string of the molecule is CS(=O)(=O)N1CCNC[C@H]1Cc1ccccc1. The van der Waals surface area contributed by atoms with Crippen molar-refractivity contribution in [3.8, 4) is 0 Å². The molecule has 0 bridgehead atoms. The minimum absolute atomic E-state index is 0.0288. The predicted octanol–water partition coefficient (Wildman–Crippen LogP) is 0.463. The zero-order valence-corrected chi connectivity index (χ0v) is 10.8. The van der Waals surface area contributed by atoms with Crippen LogP contribution in [0.4, 0.5) is 0 Å². The summed E-state index contributed by atoms with van der Waals surface area (Å²) in [6, 6.07) is 10.0. The summed E-state index contributed by atoms with van der Waals surface area (Å²) in [4.78, 5) is 0. The summed E-state index contributed by atoms with van der Waals surface area (Å²) in [5.74, 6) is 0. The standard InChI is InChI=1S/C12H18N2O2S/c1-17(15,16)14-8-7-13-10-12(14)9-11-5-3-2-4-6-11/h2-6,12-13H,7-10H2,1H3/t12-/m1/s1. The molecule has 0 aliphatic carbocycles. The molecule has 0 radical (unpaired) electrons. The molecule has 0 saturated carbocycles. The van der Waals surface area contributed by atoms with E-state index in [1.807, 2.05) is 30.3 Å². The van der Waals surface area contributed by atoms with E-state index in [-0.39, 0.29) is 6.04 Å². The molecule has 1 aromatic rings. The van der Waals surface area contributed by atoms with Crippen LogP contribution in [0.1, 0.15) is 5.56 Å². The van der Waals surface area contributed by atoms with Gasteiger partial charge in [0.1, 0.15) is 0 Å². The Kier molecular flexibility index (Phi) is 3.81. The molecule has 1 saturated heterocycles. The van der Waals surface area contributed by atoms with Crippen LogP contribution in [0.25, 0.3) is 0 Å². The van der Waals surface area contributed by atoms with Crippen LogP contribution >= 0.6 is 0 Å². The van der Waals surface area contributed by atoms with Crippen LogP contribution in [0.15, 0.2) is 30.3 Å². The lowest BCUT2D eigenvalue weighted by Gasteiger charge is -2.34. The maximum absolute atomic E-state index is 11.7. The number of hydrogen-bond donors (Lipinski definition) is 1. The van der Waals surface area contributed by atoms with E-state index in [1.165, 1.54) is 11.8 Å². The van der Waals surface area contributed by atoms with Gasteiger partial charge in [-0.15, -0.1) is 0 Å². The van der Waals surface area contributed by atoms with Gasteiger partial charge in [-0.1, -0.05) is 30.3 Å². The van der Waals surface area contributed by atoms with E-state index in [0.29, 0.717) is 6.54 Å². The van der Waals surface area contributed by atoms with Gasteiger partial charge in [0.2, 0.25) is 10.0 Å². The summed E-state index contributed by atoms with van der Waals surface area (Å²) in [5, 5.41) is 3.25. The minimum Gasteiger partial charge on any atom is -0.314 e. The molecular weight excluding hydrogens is 236 g/mol. The van der Waals surface area contributed by atoms with Crippen LogP contribution in [0, 0.1) is 0 Å². The molecule has 0 unspecified atom stereocenters. The zero-order valence-electron chi connectivity index (χ0n) is 9.96. The van der Waals surface area contributed by atoms with Gasteiger partial charge >= 0.3 is 0 Å². The van der Waals surface area contributed by atoms with E-state index in [9.17, 15) is 8.42 Å². The molecule has 1 aromatic carbocycles. The second kappa shape index (κ2) is 5.16. The van der Waals surface area contributed by atoms with Crippen molar-refractivity contribution in [2.45, 2.75) is 12.5 Å². The molecule has 4 nitrogen and oxygen atoms in total. The number of nitrogens with one attached hydrogen (secondary N) is 1. The molecule has 1 aliphatic heterocycles. The number of piperazine rings is 1. The van der Waals surface area contributed by atoms with Crippen molar-refractivity contribution < 1.29 is 8.42 Å². The van der Waals surface area contributed by atoms with Crippen molar-refractivity contribution >= 4 is 10.0 Å². The average Bonchev–Trinajstić information content (AvgIpc) is 2.30. The summed E-state index contributed by atoms with van der Waals surface area (Å²) in [6.07, 6.45) is 2.05. The molecule has 1 heterocycles. The van der Waals surface area contributed by atoms with Crippen molar-refractivity contribution in [3.05, 3.63) is 35.9 Å². The Balaban J connectivity index is 2.13. The van der Waals surface area contributed by atoms with E-state index < -0.39 is 10.0 Å². The number of sulfonamides is 1. The normalized spacial score (nSPS) is 22.5. The maximum atomic E-state index is 11.7. The first kappa shape index (κ1) is 12.5. The summed E-state index contributed by atoms with van der Waals surface area (Å²) < 4.78 is 25.0. The lowest BCUT2D eigenvalue weighted by atomic mass is 10.1. The monoisotopic (exact) mass is 254 g/mol. The first-order valence-electron chi connectivity index (χ1n) is 5.79. The molecule has 0 amide bonds. The van der Waals surface area contributed by atoms with Crippen LogP contribution < -0.4 is 5.32 Å². The number of rotatable bonds is 3. The van der Waals surface area contributed by atoms with E-state index in [2.05, 4.69) is 5.32 Å². The first-order valence-corrected chi connectivity index (χ1v) is 7.63. The highest BCUT2D eigenvalue weighted by molar-refractivity contribution is 7.88. The van der Waals surface area contributed by atoms with Gasteiger partial charge in [0.05, 0.1) is 6.26 Å². The highest BCUT2D eigenvalue weighted by Gasteiger charge is 2.28. The summed E-state index contributed by atoms with van der Waals surface area (Å²) >= 11 is 0. The quantitative estimate of drug-likeness (QED) is 0.852. The summed E-state index contributed by atoms with van der Waals surface area (Å²) in [6.45, 7) is 2.02. The lowest BCUT2D eigenvalue weighted by molar-refractivity contribution is 0.267. The third-order valence-corrected chi connectivity index (χ3v) is 4.37. The van der Waals surface area contributed by atoms with Crippen molar-refractivity contribution in [2.75, 3.05) is 25.9 Å². The zero-order chi connectivity index (χ0) is 12.3. The molecule has 5 heteroatoms. The van der Waals surface area contributed by atoms with Crippen LogP contribution in [0.2, 0.25) is 0 Å². The molecule has 1 aliphatic rings. The Bertz CT molecular complexity index is 459. The van der Waals surface area contributed by atoms with E-state index >= 15 is 0 Å². The fourth-order valence-electron chi connectivity index (χ4n) is 2.24. The van der Waals surface area contributed by atoms with Crippen LogP contribution in [-0.2, 0) is 16.4 Å². The van der Waals surface area contributed by atoms with Crippen molar-refractivity contribution in [1.29, 1.82) is 0 Å². The summed E-state index contributed by atoms with van der Waals surface area (Å²) in [7, 11) is -3.10. The van der Waals surface area contributed by atoms with Gasteiger partial charge in [-0.25, -0.2) is 8.42 Å². The molecule has 1 N–H and O–H groups in total. The van der Waals surface area contributed by atoms with Gasteiger partial charge in [0, 0.05) is 25.7 Å². The Hall–Kier alpha value is -0.910. The molecule has 1 fully saturated rings. The second-order valence-electron chi connectivity index (χ2n) is 4.42. The van der Waals surface area contributed by atoms with Gasteiger partial charge in [0.15, 0.2) is 0 Å². The van der Waals surface area contributed by atoms with Crippen LogP contribution in [0.3, 0.4) is 0 Å². The highest BCUT2D eigenvalue weighted by atomic mass is 32.2. The minimum atomic E-state index is -3.10. The Morgan fingerprint density at radius 3 is 2.71 bits per heavy atom. The van der Waals surface area contributed by atoms with Gasteiger partial charge in [-0.05, 0) is 12.0 Å². The summed E-state index contributed by atoms with van der Waals surface area (Å²) in [5.41, 5.74) is 1.18. The third-order valence-electron chi connectivity index (χ3n) is 3.04. The number of nitrogens with zero attached hydrogens (tertiary/aromatic N) is 1. The van der Waals surface area contributed by atoms with Crippen molar-refractivity contribution in [1.82, 2.24) is 9.62 Å². The van der Waals surface area contributed by atoms with Crippen LogP contribution in [-0.4, -0.2) is 44.7 Å². The molecule has 0 aromatic heterocycles. The van der Waals surface area contributed by atoms with E-state index in [1.54, 1.807) is 4.31 Å². The van der Waals surface area contributed by atoms with Gasteiger partial charge in [-0.2, -0.15) is 4.31 Å². The van der Waals surface area contributed by atoms with Gasteiger partial charge in [0.25, 0.3) is 0 Å². The number of hydrogen-bond acceptors (Lipinski definition) is 3. The first-order chi connectivity index (χ1) is 8.07. The van der Waals surface area contributed by atoms with E-state index in [0.717, 1.165) is 19.5 Å². The molecular formula is C12H18N2O2S.